The topological polar surface area (TPSA) is 41.6 Å². The molecular weight excluding hydrogens is 312 g/mol. The lowest BCUT2D eigenvalue weighted by Gasteiger charge is -2.32. The predicted octanol–water partition coefficient (Wildman–Crippen LogP) is 4.45. The Morgan fingerprint density at radius 3 is 2.48 bits per heavy atom. The molecule has 1 atom stereocenters. The minimum absolute atomic E-state index is 0.0843. The van der Waals surface area contributed by atoms with Gasteiger partial charge in [0.05, 0.1) is 6.10 Å². The van der Waals surface area contributed by atoms with Crippen molar-refractivity contribution in [3.63, 3.8) is 0 Å². The Hall–Kier alpha value is -1.39. The van der Waals surface area contributed by atoms with E-state index in [2.05, 4.69) is 50.0 Å². The molecule has 0 aliphatic carbocycles. The molecule has 1 aromatic rings. The fourth-order valence-electron chi connectivity index (χ4n) is 3.18. The van der Waals surface area contributed by atoms with Crippen molar-refractivity contribution < 1.29 is 9.53 Å². The van der Waals surface area contributed by atoms with Crippen molar-refractivity contribution in [1.29, 1.82) is 0 Å². The average Bonchev–Trinajstić information content (AvgIpc) is 2.56. The quantitative estimate of drug-likeness (QED) is 0.756. The Balaban J connectivity index is 1.89. The molecule has 1 heterocycles. The highest BCUT2D eigenvalue weighted by Gasteiger charge is 2.19. The Morgan fingerprint density at radius 2 is 1.92 bits per heavy atom. The van der Waals surface area contributed by atoms with E-state index in [4.69, 9.17) is 4.74 Å². The number of carbonyl (C=O) groups excluding carboxylic acids is 1. The first-order valence-corrected chi connectivity index (χ1v) is 9.68. The summed E-state index contributed by atoms with van der Waals surface area (Å²) in [6, 6.07) is 8.72. The average molecular weight is 347 g/mol. The number of benzene rings is 1. The van der Waals surface area contributed by atoms with Gasteiger partial charge in [0.1, 0.15) is 0 Å². The largest absolute Gasteiger partial charge is 0.377 e. The van der Waals surface area contributed by atoms with E-state index in [-0.39, 0.29) is 5.91 Å². The van der Waals surface area contributed by atoms with Gasteiger partial charge in [-0.2, -0.15) is 0 Å². The van der Waals surface area contributed by atoms with Gasteiger partial charge in [-0.1, -0.05) is 26.0 Å². The standard InChI is InChI=1S/C21H34N2O2/c1-16(2)13-21(24)22-19-10-8-18(9-11-19)14-23(17(3)4)15-20-7-5-6-12-25-20/h8-11,16-17,20H,5-7,12-15H2,1-4H3,(H,22,24). The molecule has 4 heteroatoms. The summed E-state index contributed by atoms with van der Waals surface area (Å²) < 4.78 is 5.90. The van der Waals surface area contributed by atoms with Gasteiger partial charge in [-0.15, -0.1) is 0 Å². The molecule has 1 N–H and O–H groups in total. The summed E-state index contributed by atoms with van der Waals surface area (Å²) in [5.74, 6) is 0.460. The highest BCUT2D eigenvalue weighted by molar-refractivity contribution is 5.90. The smallest absolute Gasteiger partial charge is 0.224 e. The number of ether oxygens (including phenoxy) is 1. The third-order valence-electron chi connectivity index (χ3n) is 4.66. The number of carbonyl (C=O) groups is 1. The van der Waals surface area contributed by atoms with Crippen molar-refractivity contribution in [2.45, 2.75) is 72.1 Å². The highest BCUT2D eigenvalue weighted by Crippen LogP contribution is 2.18. The zero-order valence-electron chi connectivity index (χ0n) is 16.3. The van der Waals surface area contributed by atoms with Crippen molar-refractivity contribution in [2.75, 3.05) is 18.5 Å². The summed E-state index contributed by atoms with van der Waals surface area (Å²) in [6.07, 6.45) is 4.57. The zero-order valence-corrected chi connectivity index (χ0v) is 16.3. The normalized spacial score (nSPS) is 18.1. The summed E-state index contributed by atoms with van der Waals surface area (Å²) in [7, 11) is 0. The van der Waals surface area contributed by atoms with E-state index < -0.39 is 0 Å². The maximum Gasteiger partial charge on any atom is 0.224 e. The van der Waals surface area contributed by atoms with Crippen LogP contribution in [0.5, 0.6) is 0 Å². The third kappa shape index (κ3) is 7.17. The third-order valence-corrected chi connectivity index (χ3v) is 4.66. The summed E-state index contributed by atoms with van der Waals surface area (Å²) in [6.45, 7) is 11.4. The van der Waals surface area contributed by atoms with Gasteiger partial charge in [-0.25, -0.2) is 0 Å². The van der Waals surface area contributed by atoms with Crippen LogP contribution in [0.1, 0.15) is 58.9 Å². The lowest BCUT2D eigenvalue weighted by atomic mass is 10.1. The first-order chi connectivity index (χ1) is 11.9. The molecule has 140 valence electrons. The fraction of sp³-hybridized carbons (Fsp3) is 0.667. The van der Waals surface area contributed by atoms with Crippen molar-refractivity contribution >= 4 is 11.6 Å². The molecule has 1 aromatic carbocycles. The van der Waals surface area contributed by atoms with Gasteiger partial charge in [-0.3, -0.25) is 9.69 Å². The predicted molar refractivity (Wildman–Crippen MR) is 104 cm³/mol. The first kappa shape index (κ1) is 19.9. The maximum absolute atomic E-state index is 11.9. The summed E-state index contributed by atoms with van der Waals surface area (Å²) >= 11 is 0. The number of anilines is 1. The minimum atomic E-state index is 0.0843. The Kier molecular flexibility index (Phi) is 7.91. The Morgan fingerprint density at radius 1 is 1.20 bits per heavy atom. The molecule has 1 aliphatic rings. The van der Waals surface area contributed by atoms with Crippen molar-refractivity contribution in [3.8, 4) is 0 Å². The molecule has 0 saturated carbocycles. The Labute approximate surface area is 152 Å². The second-order valence-electron chi connectivity index (χ2n) is 7.85. The molecule has 1 amide bonds. The van der Waals surface area contributed by atoms with Gasteiger partial charge < -0.3 is 10.1 Å². The molecule has 2 rings (SSSR count). The first-order valence-electron chi connectivity index (χ1n) is 9.68. The second-order valence-corrected chi connectivity index (χ2v) is 7.85. The molecule has 0 aromatic heterocycles. The minimum Gasteiger partial charge on any atom is -0.377 e. The number of rotatable bonds is 8. The lowest BCUT2D eigenvalue weighted by molar-refractivity contribution is -0.116. The van der Waals surface area contributed by atoms with Gasteiger partial charge in [0.25, 0.3) is 0 Å². The van der Waals surface area contributed by atoms with Crippen LogP contribution in [0, 0.1) is 5.92 Å². The molecule has 0 radical (unpaired) electrons. The maximum atomic E-state index is 11.9. The van der Waals surface area contributed by atoms with Crippen LogP contribution in [-0.4, -0.2) is 36.1 Å². The highest BCUT2D eigenvalue weighted by atomic mass is 16.5. The van der Waals surface area contributed by atoms with Crippen molar-refractivity contribution in [2.24, 2.45) is 5.92 Å². The molecule has 0 spiro atoms. The van der Waals surface area contributed by atoms with Gasteiger partial charge >= 0.3 is 0 Å². The molecule has 25 heavy (non-hydrogen) atoms. The van der Waals surface area contributed by atoms with Gasteiger partial charge in [0.15, 0.2) is 0 Å². The van der Waals surface area contributed by atoms with Crippen LogP contribution in [0.2, 0.25) is 0 Å². The number of hydrogen-bond acceptors (Lipinski definition) is 3. The van der Waals surface area contributed by atoms with Crippen LogP contribution >= 0.6 is 0 Å². The van der Waals surface area contributed by atoms with Crippen LogP contribution < -0.4 is 5.32 Å². The monoisotopic (exact) mass is 346 g/mol. The number of amides is 1. The van der Waals surface area contributed by atoms with E-state index in [1.165, 1.54) is 24.8 Å². The van der Waals surface area contributed by atoms with Gasteiger partial charge in [0, 0.05) is 37.8 Å². The molecule has 0 bridgehead atoms. The number of hydrogen-bond donors (Lipinski definition) is 1. The Bertz CT molecular complexity index is 519. The van der Waals surface area contributed by atoms with E-state index >= 15 is 0 Å². The van der Waals surface area contributed by atoms with Crippen LogP contribution in [0.4, 0.5) is 5.69 Å². The van der Waals surface area contributed by atoms with E-state index in [1.54, 1.807) is 0 Å². The summed E-state index contributed by atoms with van der Waals surface area (Å²) in [5.41, 5.74) is 2.15. The second kappa shape index (κ2) is 9.93. The molecule has 1 saturated heterocycles. The SMILES string of the molecule is CC(C)CC(=O)Nc1ccc(CN(CC2CCCCO2)C(C)C)cc1. The molecule has 4 nitrogen and oxygen atoms in total. The summed E-state index contributed by atoms with van der Waals surface area (Å²) in [4.78, 5) is 14.3. The van der Waals surface area contributed by atoms with Crippen molar-refractivity contribution in [1.82, 2.24) is 4.90 Å². The number of nitrogens with one attached hydrogen (secondary N) is 1. The van der Waals surface area contributed by atoms with E-state index in [9.17, 15) is 4.79 Å². The van der Waals surface area contributed by atoms with Crippen LogP contribution in [0.25, 0.3) is 0 Å². The zero-order chi connectivity index (χ0) is 18.2. The molecule has 1 fully saturated rings. The summed E-state index contributed by atoms with van der Waals surface area (Å²) in [5, 5.41) is 2.97. The van der Waals surface area contributed by atoms with Gasteiger partial charge in [0.2, 0.25) is 5.91 Å². The fourth-order valence-corrected chi connectivity index (χ4v) is 3.18. The number of nitrogens with zero attached hydrogens (tertiary/aromatic N) is 1. The van der Waals surface area contributed by atoms with E-state index in [0.29, 0.717) is 24.5 Å². The van der Waals surface area contributed by atoms with Crippen LogP contribution in [0.15, 0.2) is 24.3 Å². The van der Waals surface area contributed by atoms with Crippen molar-refractivity contribution in [3.05, 3.63) is 29.8 Å². The van der Waals surface area contributed by atoms with E-state index in [1.807, 2.05) is 12.1 Å². The van der Waals surface area contributed by atoms with Crippen LogP contribution in [0.3, 0.4) is 0 Å². The molecule has 1 unspecified atom stereocenters. The molecule has 1 aliphatic heterocycles. The lowest BCUT2D eigenvalue weighted by Crippen LogP contribution is -2.39. The van der Waals surface area contributed by atoms with E-state index in [0.717, 1.165) is 25.4 Å². The van der Waals surface area contributed by atoms with Crippen LogP contribution in [-0.2, 0) is 16.1 Å². The van der Waals surface area contributed by atoms with Gasteiger partial charge in [-0.05, 0) is 56.7 Å². The molecular formula is C21H34N2O2.